The Bertz CT molecular complexity index is 1030. The Labute approximate surface area is 174 Å². The summed E-state index contributed by atoms with van der Waals surface area (Å²) >= 11 is 0. The van der Waals surface area contributed by atoms with Gasteiger partial charge in [0, 0.05) is 50.7 Å². The number of benzene rings is 1. The van der Waals surface area contributed by atoms with Gasteiger partial charge in [0.15, 0.2) is 0 Å². The van der Waals surface area contributed by atoms with Gasteiger partial charge in [-0.15, -0.1) is 10.2 Å². The number of aromatic nitrogens is 4. The summed E-state index contributed by atoms with van der Waals surface area (Å²) in [6, 6.07) is 11.4. The van der Waals surface area contributed by atoms with E-state index in [-0.39, 0.29) is 5.91 Å². The van der Waals surface area contributed by atoms with Crippen LogP contribution in [0.15, 0.2) is 48.8 Å². The van der Waals surface area contributed by atoms with Crippen LogP contribution in [0.25, 0.3) is 0 Å². The quantitative estimate of drug-likeness (QED) is 0.702. The Balaban J connectivity index is 1.26. The third-order valence-electron chi connectivity index (χ3n) is 6.02. The van der Waals surface area contributed by atoms with Gasteiger partial charge in [0.25, 0.3) is 5.91 Å². The first-order chi connectivity index (χ1) is 14.7. The molecule has 3 aromatic rings. The van der Waals surface area contributed by atoms with Gasteiger partial charge < -0.3 is 14.6 Å². The lowest BCUT2D eigenvalue weighted by molar-refractivity contribution is 0.100. The van der Waals surface area contributed by atoms with Gasteiger partial charge in [-0.1, -0.05) is 6.07 Å². The van der Waals surface area contributed by atoms with Gasteiger partial charge in [0.2, 0.25) is 5.82 Å². The average molecular weight is 404 g/mol. The van der Waals surface area contributed by atoms with Crippen LogP contribution in [0.4, 0.5) is 5.69 Å². The number of methoxy groups -OCH3 is 1. The molecule has 0 unspecified atom stereocenters. The predicted octanol–water partition coefficient (Wildman–Crippen LogP) is 2.24. The lowest BCUT2D eigenvalue weighted by Crippen LogP contribution is -2.31. The number of fused-ring (bicyclic) bond motifs is 2. The van der Waals surface area contributed by atoms with Crippen molar-refractivity contribution in [3.63, 3.8) is 0 Å². The van der Waals surface area contributed by atoms with E-state index in [0.29, 0.717) is 23.3 Å². The molecule has 0 spiro atoms. The van der Waals surface area contributed by atoms with Crippen molar-refractivity contribution in [2.75, 3.05) is 25.5 Å². The molecule has 0 radical (unpaired) electrons. The summed E-state index contributed by atoms with van der Waals surface area (Å²) in [5.41, 5.74) is 1.94. The molecule has 1 saturated heterocycles. The molecule has 0 aliphatic carbocycles. The monoisotopic (exact) mass is 404 g/mol. The number of hydrogen-bond donors (Lipinski definition) is 1. The van der Waals surface area contributed by atoms with Crippen molar-refractivity contribution >= 4 is 11.6 Å². The molecule has 1 aromatic carbocycles. The van der Waals surface area contributed by atoms with Crippen LogP contribution >= 0.6 is 0 Å². The molecule has 2 aliphatic heterocycles. The highest BCUT2D eigenvalue weighted by Gasteiger charge is 2.39. The van der Waals surface area contributed by atoms with Gasteiger partial charge in [-0.05, 0) is 47.7 Å². The maximum atomic E-state index is 12.8. The van der Waals surface area contributed by atoms with Crippen LogP contribution in [0, 0.1) is 11.8 Å². The molecule has 5 rings (SSSR count). The minimum absolute atomic E-state index is 0.234. The molecule has 30 heavy (non-hydrogen) atoms. The van der Waals surface area contributed by atoms with E-state index in [0.717, 1.165) is 44.2 Å². The van der Waals surface area contributed by atoms with E-state index >= 15 is 0 Å². The summed E-state index contributed by atoms with van der Waals surface area (Å²) in [6.45, 7) is 3.74. The SMILES string of the molecule is COc1ccc(NC(=O)c2nnc3n2C[C@H]2CN(Cc4cccnc4)C[C@H]2C3)cc1. The van der Waals surface area contributed by atoms with Crippen LogP contribution in [0.5, 0.6) is 5.75 Å². The molecule has 0 saturated carbocycles. The molecule has 154 valence electrons. The highest BCUT2D eigenvalue weighted by Crippen LogP contribution is 2.33. The zero-order valence-corrected chi connectivity index (χ0v) is 16.9. The number of likely N-dealkylation sites (tertiary alicyclic amines) is 1. The molecule has 1 N–H and O–H groups in total. The number of pyridine rings is 1. The van der Waals surface area contributed by atoms with Crippen LogP contribution < -0.4 is 10.1 Å². The smallest absolute Gasteiger partial charge is 0.293 e. The molecule has 1 amide bonds. The first kappa shape index (κ1) is 18.7. The number of hydrogen-bond acceptors (Lipinski definition) is 6. The molecule has 2 aliphatic rings. The molecular formula is C22H24N6O2. The van der Waals surface area contributed by atoms with Crippen LogP contribution in [-0.2, 0) is 19.5 Å². The van der Waals surface area contributed by atoms with Crippen molar-refractivity contribution in [1.29, 1.82) is 0 Å². The summed E-state index contributed by atoms with van der Waals surface area (Å²) in [4.78, 5) is 19.5. The van der Waals surface area contributed by atoms with Crippen molar-refractivity contribution in [3.05, 3.63) is 66.0 Å². The van der Waals surface area contributed by atoms with Crippen molar-refractivity contribution in [1.82, 2.24) is 24.6 Å². The fourth-order valence-corrected chi connectivity index (χ4v) is 4.53. The molecule has 1 fully saturated rings. The summed E-state index contributed by atoms with van der Waals surface area (Å²) in [5, 5.41) is 11.4. The fourth-order valence-electron chi connectivity index (χ4n) is 4.53. The summed E-state index contributed by atoms with van der Waals surface area (Å²) in [6.07, 6.45) is 4.59. The van der Waals surface area contributed by atoms with Gasteiger partial charge in [0.1, 0.15) is 11.6 Å². The van der Waals surface area contributed by atoms with Crippen molar-refractivity contribution in [2.45, 2.75) is 19.5 Å². The van der Waals surface area contributed by atoms with E-state index in [2.05, 4.69) is 31.5 Å². The van der Waals surface area contributed by atoms with Crippen molar-refractivity contribution in [3.8, 4) is 5.75 Å². The largest absolute Gasteiger partial charge is 0.497 e. The zero-order valence-electron chi connectivity index (χ0n) is 16.9. The average Bonchev–Trinajstić information content (AvgIpc) is 3.35. The second-order valence-electron chi connectivity index (χ2n) is 8.01. The third-order valence-corrected chi connectivity index (χ3v) is 6.02. The Hall–Kier alpha value is -3.26. The number of nitrogens with one attached hydrogen (secondary N) is 1. The zero-order chi connectivity index (χ0) is 20.5. The second kappa shape index (κ2) is 7.87. The highest BCUT2D eigenvalue weighted by atomic mass is 16.5. The van der Waals surface area contributed by atoms with Gasteiger partial charge in [-0.3, -0.25) is 14.7 Å². The number of amides is 1. The number of carbonyl (C=O) groups is 1. The number of ether oxygens (including phenoxy) is 1. The highest BCUT2D eigenvalue weighted by molar-refractivity contribution is 6.01. The molecule has 4 heterocycles. The van der Waals surface area contributed by atoms with Gasteiger partial charge in [-0.2, -0.15) is 0 Å². The standard InChI is InChI=1S/C22H24N6O2/c1-30-19-6-4-18(5-7-19)24-22(29)21-26-25-20-9-16-12-27(13-17(16)14-28(20)21)11-15-3-2-8-23-10-15/h2-8,10,16-17H,9,11-14H2,1H3,(H,24,29)/t16-,17-/m1/s1. The minimum Gasteiger partial charge on any atom is -0.497 e. The normalized spacial score (nSPS) is 20.4. The van der Waals surface area contributed by atoms with Crippen LogP contribution in [0.1, 0.15) is 22.0 Å². The van der Waals surface area contributed by atoms with Crippen LogP contribution in [-0.4, -0.2) is 50.8 Å². The summed E-state index contributed by atoms with van der Waals surface area (Å²) in [5.74, 6) is 2.84. The predicted molar refractivity (Wildman–Crippen MR) is 111 cm³/mol. The molecule has 8 heteroatoms. The minimum atomic E-state index is -0.234. The van der Waals surface area contributed by atoms with Gasteiger partial charge in [-0.25, -0.2) is 0 Å². The summed E-state index contributed by atoms with van der Waals surface area (Å²) < 4.78 is 7.15. The lowest BCUT2D eigenvalue weighted by Gasteiger charge is -2.25. The Morgan fingerprint density at radius 3 is 2.73 bits per heavy atom. The third kappa shape index (κ3) is 3.66. The number of nitrogens with zero attached hydrogens (tertiary/aromatic N) is 5. The van der Waals surface area contributed by atoms with Crippen molar-refractivity contribution in [2.24, 2.45) is 11.8 Å². The van der Waals surface area contributed by atoms with E-state index in [1.807, 2.05) is 41.1 Å². The molecule has 2 aromatic heterocycles. The van der Waals surface area contributed by atoms with Crippen LogP contribution in [0.2, 0.25) is 0 Å². The summed E-state index contributed by atoms with van der Waals surface area (Å²) in [7, 11) is 1.62. The Morgan fingerprint density at radius 2 is 1.97 bits per heavy atom. The first-order valence-corrected chi connectivity index (χ1v) is 10.2. The van der Waals surface area contributed by atoms with E-state index in [1.165, 1.54) is 5.56 Å². The fraction of sp³-hybridized carbons (Fsp3) is 0.364. The molecule has 0 bridgehead atoms. The molecule has 8 nitrogen and oxygen atoms in total. The van der Waals surface area contributed by atoms with E-state index < -0.39 is 0 Å². The van der Waals surface area contributed by atoms with Crippen molar-refractivity contribution < 1.29 is 9.53 Å². The maximum Gasteiger partial charge on any atom is 0.293 e. The molecule has 2 atom stereocenters. The number of rotatable bonds is 5. The van der Waals surface area contributed by atoms with Gasteiger partial charge in [0.05, 0.1) is 7.11 Å². The Morgan fingerprint density at radius 1 is 1.13 bits per heavy atom. The molecular weight excluding hydrogens is 380 g/mol. The number of carbonyl (C=O) groups excluding carboxylic acids is 1. The Kier molecular flexibility index (Phi) is 4.92. The maximum absolute atomic E-state index is 12.8. The van der Waals surface area contributed by atoms with E-state index in [9.17, 15) is 4.79 Å². The van der Waals surface area contributed by atoms with Gasteiger partial charge >= 0.3 is 0 Å². The second-order valence-corrected chi connectivity index (χ2v) is 8.01. The lowest BCUT2D eigenvalue weighted by atomic mass is 9.89. The van der Waals surface area contributed by atoms with E-state index in [1.54, 1.807) is 13.3 Å². The topological polar surface area (TPSA) is 85.2 Å². The number of anilines is 1. The van der Waals surface area contributed by atoms with E-state index in [4.69, 9.17) is 4.74 Å². The van der Waals surface area contributed by atoms with Crippen LogP contribution in [0.3, 0.4) is 0 Å². The first-order valence-electron chi connectivity index (χ1n) is 10.2.